The molecule has 1 aliphatic rings. The molecular weight excluding hydrogens is 286 g/mol. The van der Waals surface area contributed by atoms with Crippen LogP contribution in [0.5, 0.6) is 5.75 Å². The van der Waals surface area contributed by atoms with E-state index in [0.717, 1.165) is 42.7 Å². The first-order valence-electron chi connectivity index (χ1n) is 8.45. The number of aromatic nitrogens is 1. The third kappa shape index (κ3) is 2.69. The first-order chi connectivity index (χ1) is 11.1. The van der Waals surface area contributed by atoms with Crippen LogP contribution in [-0.4, -0.2) is 17.5 Å². The van der Waals surface area contributed by atoms with Gasteiger partial charge in [-0.15, -0.1) is 0 Å². The minimum absolute atomic E-state index is 0.0548. The van der Waals surface area contributed by atoms with E-state index < -0.39 is 0 Å². The Kier molecular flexibility index (Phi) is 4.29. The van der Waals surface area contributed by atoms with Crippen molar-refractivity contribution in [2.45, 2.75) is 45.1 Å². The van der Waals surface area contributed by atoms with Gasteiger partial charge < -0.3 is 9.30 Å². The average Bonchev–Trinajstić information content (AvgIpc) is 3.23. The summed E-state index contributed by atoms with van der Waals surface area (Å²) in [5.74, 6) is 1.26. The predicted molar refractivity (Wildman–Crippen MR) is 92.7 cm³/mol. The molecule has 0 atom stereocenters. The summed E-state index contributed by atoms with van der Waals surface area (Å²) in [4.78, 5) is 13.0. The lowest BCUT2D eigenvalue weighted by molar-refractivity contribution is -0.130. The Morgan fingerprint density at radius 1 is 1.13 bits per heavy atom. The molecule has 3 rings (SSSR count). The number of rotatable bonds is 5. The molecule has 0 spiro atoms. The molecule has 1 saturated carbocycles. The summed E-state index contributed by atoms with van der Waals surface area (Å²) in [5, 5.41) is 0. The minimum Gasteiger partial charge on any atom is -0.497 e. The lowest BCUT2D eigenvalue weighted by Gasteiger charge is -2.33. The summed E-state index contributed by atoms with van der Waals surface area (Å²) in [6.45, 7) is 4.03. The highest BCUT2D eigenvalue weighted by Crippen LogP contribution is 2.42. The van der Waals surface area contributed by atoms with Gasteiger partial charge in [0.25, 0.3) is 0 Å². The maximum Gasteiger partial charge on any atom is 0.161 e. The number of carbonyl (C=O) groups is 1. The Balaban J connectivity index is 2.06. The number of ether oxygens (including phenoxy) is 1. The second kappa shape index (κ2) is 6.23. The number of carbonyl (C=O) groups excluding carboxylic acids is 1. The summed E-state index contributed by atoms with van der Waals surface area (Å²) in [6, 6.07) is 12.2. The lowest BCUT2D eigenvalue weighted by Crippen LogP contribution is -2.41. The van der Waals surface area contributed by atoms with E-state index in [1.807, 2.05) is 32.0 Å². The van der Waals surface area contributed by atoms with Crippen molar-refractivity contribution in [1.29, 1.82) is 0 Å². The molecule has 1 aliphatic carbocycles. The SMILES string of the molecule is COc1ccc(-c2cccn2C2(C(=O)C(C)C)CCCC2)cc1. The number of nitrogens with zero attached hydrogens (tertiary/aromatic N) is 1. The van der Waals surface area contributed by atoms with Gasteiger partial charge in [-0.1, -0.05) is 26.7 Å². The molecule has 2 aromatic rings. The topological polar surface area (TPSA) is 31.2 Å². The van der Waals surface area contributed by atoms with E-state index in [2.05, 4.69) is 29.0 Å². The van der Waals surface area contributed by atoms with Gasteiger partial charge in [0, 0.05) is 17.8 Å². The number of benzene rings is 1. The summed E-state index contributed by atoms with van der Waals surface area (Å²) < 4.78 is 7.47. The van der Waals surface area contributed by atoms with E-state index in [-0.39, 0.29) is 11.5 Å². The van der Waals surface area contributed by atoms with Crippen LogP contribution in [0.2, 0.25) is 0 Å². The van der Waals surface area contributed by atoms with E-state index in [0.29, 0.717) is 5.78 Å². The van der Waals surface area contributed by atoms with Gasteiger partial charge in [-0.2, -0.15) is 0 Å². The molecule has 0 unspecified atom stereocenters. The van der Waals surface area contributed by atoms with Crippen molar-refractivity contribution in [1.82, 2.24) is 4.57 Å². The van der Waals surface area contributed by atoms with Crippen molar-refractivity contribution in [2.75, 3.05) is 7.11 Å². The zero-order valence-electron chi connectivity index (χ0n) is 14.2. The van der Waals surface area contributed by atoms with Crippen molar-refractivity contribution < 1.29 is 9.53 Å². The Hall–Kier alpha value is -2.03. The van der Waals surface area contributed by atoms with Gasteiger partial charge in [-0.3, -0.25) is 4.79 Å². The summed E-state index contributed by atoms with van der Waals surface area (Å²) in [6.07, 6.45) is 6.21. The number of hydrogen-bond acceptors (Lipinski definition) is 2. The molecule has 0 bridgehead atoms. The van der Waals surface area contributed by atoms with Crippen LogP contribution in [0.15, 0.2) is 42.6 Å². The van der Waals surface area contributed by atoms with Gasteiger partial charge in [0.15, 0.2) is 5.78 Å². The third-order valence-electron chi connectivity index (χ3n) is 5.01. The van der Waals surface area contributed by atoms with Crippen molar-refractivity contribution >= 4 is 5.78 Å². The van der Waals surface area contributed by atoms with Crippen LogP contribution in [0, 0.1) is 5.92 Å². The molecule has 1 heterocycles. The molecule has 1 aromatic carbocycles. The van der Waals surface area contributed by atoms with Crippen molar-refractivity contribution in [3.8, 4) is 17.0 Å². The van der Waals surface area contributed by atoms with Crippen LogP contribution in [0.25, 0.3) is 11.3 Å². The normalized spacial score (nSPS) is 16.7. The molecule has 0 amide bonds. The van der Waals surface area contributed by atoms with Gasteiger partial charge in [0.1, 0.15) is 11.3 Å². The molecule has 0 aliphatic heterocycles. The van der Waals surface area contributed by atoms with Crippen LogP contribution in [-0.2, 0) is 10.3 Å². The molecule has 0 radical (unpaired) electrons. The van der Waals surface area contributed by atoms with Gasteiger partial charge >= 0.3 is 0 Å². The predicted octanol–water partition coefficient (Wildman–Crippen LogP) is 4.66. The van der Waals surface area contributed by atoms with Crippen molar-refractivity contribution in [3.05, 3.63) is 42.6 Å². The Bertz CT molecular complexity index is 676. The van der Waals surface area contributed by atoms with Crippen LogP contribution in [0.3, 0.4) is 0 Å². The maximum atomic E-state index is 13.0. The molecule has 122 valence electrons. The fraction of sp³-hybridized carbons (Fsp3) is 0.450. The van der Waals surface area contributed by atoms with Crippen LogP contribution < -0.4 is 4.74 Å². The second-order valence-electron chi connectivity index (χ2n) is 6.75. The molecule has 0 N–H and O–H groups in total. The van der Waals surface area contributed by atoms with Gasteiger partial charge in [0.2, 0.25) is 0 Å². The van der Waals surface area contributed by atoms with Gasteiger partial charge in [-0.05, 0) is 54.8 Å². The van der Waals surface area contributed by atoms with Crippen molar-refractivity contribution in [3.63, 3.8) is 0 Å². The average molecular weight is 311 g/mol. The second-order valence-corrected chi connectivity index (χ2v) is 6.75. The fourth-order valence-corrected chi connectivity index (χ4v) is 3.85. The highest BCUT2D eigenvalue weighted by Gasteiger charge is 2.44. The maximum absolute atomic E-state index is 13.0. The highest BCUT2D eigenvalue weighted by atomic mass is 16.5. The van der Waals surface area contributed by atoms with E-state index in [1.54, 1.807) is 7.11 Å². The van der Waals surface area contributed by atoms with E-state index in [4.69, 9.17) is 4.74 Å². The summed E-state index contributed by atoms with van der Waals surface area (Å²) in [7, 11) is 1.67. The molecular formula is C20H25NO2. The molecule has 3 heteroatoms. The third-order valence-corrected chi connectivity index (χ3v) is 5.01. The Morgan fingerprint density at radius 3 is 2.35 bits per heavy atom. The van der Waals surface area contributed by atoms with Crippen molar-refractivity contribution in [2.24, 2.45) is 5.92 Å². The largest absolute Gasteiger partial charge is 0.497 e. The molecule has 23 heavy (non-hydrogen) atoms. The first-order valence-corrected chi connectivity index (χ1v) is 8.45. The smallest absolute Gasteiger partial charge is 0.161 e. The van der Waals surface area contributed by atoms with E-state index >= 15 is 0 Å². The molecule has 1 aromatic heterocycles. The quantitative estimate of drug-likeness (QED) is 0.804. The van der Waals surface area contributed by atoms with Crippen LogP contribution in [0.4, 0.5) is 0 Å². The van der Waals surface area contributed by atoms with Gasteiger partial charge in [-0.25, -0.2) is 0 Å². The zero-order chi connectivity index (χ0) is 16.4. The Morgan fingerprint density at radius 2 is 1.78 bits per heavy atom. The Labute approximate surface area is 138 Å². The molecule has 1 fully saturated rings. The van der Waals surface area contributed by atoms with Gasteiger partial charge in [0.05, 0.1) is 7.11 Å². The lowest BCUT2D eigenvalue weighted by atomic mass is 9.85. The zero-order valence-corrected chi connectivity index (χ0v) is 14.2. The standard InChI is InChI=1S/C20H25NO2/c1-15(2)19(22)20(12-4-5-13-20)21-14-6-7-18(21)16-8-10-17(23-3)11-9-16/h6-11,14-15H,4-5,12-13H2,1-3H3. The monoisotopic (exact) mass is 311 g/mol. The number of hydrogen-bond donors (Lipinski definition) is 0. The van der Waals surface area contributed by atoms with E-state index in [1.165, 1.54) is 0 Å². The number of methoxy groups -OCH3 is 1. The summed E-state index contributed by atoms with van der Waals surface area (Å²) >= 11 is 0. The first kappa shape index (κ1) is 15.9. The van der Waals surface area contributed by atoms with E-state index in [9.17, 15) is 4.79 Å². The molecule has 3 nitrogen and oxygen atoms in total. The fourth-order valence-electron chi connectivity index (χ4n) is 3.85. The summed E-state index contributed by atoms with van der Waals surface area (Å²) in [5.41, 5.74) is 1.87. The highest BCUT2D eigenvalue weighted by molar-refractivity contribution is 5.89. The molecule has 0 saturated heterocycles. The van der Waals surface area contributed by atoms with Crippen LogP contribution >= 0.6 is 0 Å². The number of Topliss-reactive ketones (excluding diaryl/α,β-unsaturated/α-hetero) is 1. The van der Waals surface area contributed by atoms with Crippen LogP contribution in [0.1, 0.15) is 39.5 Å². The number of ketones is 1. The minimum atomic E-state index is -0.368.